The van der Waals surface area contributed by atoms with E-state index in [1.807, 2.05) is 0 Å². The van der Waals surface area contributed by atoms with Gasteiger partial charge in [-0.05, 0) is 23.6 Å². The minimum Gasteiger partial charge on any atom is -0.289 e. The molecule has 1 rings (SSSR count). The normalized spacial score (nSPS) is 31.8. The van der Waals surface area contributed by atoms with Crippen LogP contribution < -0.4 is 0 Å². The maximum Gasteiger partial charge on any atom is 0.0484 e. The lowest BCUT2D eigenvalue weighted by Gasteiger charge is -2.33. The fourth-order valence-electron chi connectivity index (χ4n) is 0.643. The van der Waals surface area contributed by atoms with Gasteiger partial charge in [0, 0.05) is 11.5 Å². The summed E-state index contributed by atoms with van der Waals surface area (Å²) in [6.07, 6.45) is 2.12. The standard InChI is InChI=1S/C4H10O2S2/c5-8(6)4-2-1-3-7-8/h5-6H,1-4H2. The van der Waals surface area contributed by atoms with Gasteiger partial charge in [-0.1, -0.05) is 0 Å². The molecule has 0 atom stereocenters. The van der Waals surface area contributed by atoms with Crippen molar-refractivity contribution in [3.05, 3.63) is 0 Å². The highest BCUT2D eigenvalue weighted by molar-refractivity contribution is 8.89. The molecule has 0 aromatic carbocycles. The molecule has 1 aliphatic rings. The lowest BCUT2D eigenvalue weighted by atomic mass is 10.4. The van der Waals surface area contributed by atoms with Crippen LogP contribution in [0.2, 0.25) is 0 Å². The quantitative estimate of drug-likeness (QED) is 0.525. The molecule has 1 heterocycles. The van der Waals surface area contributed by atoms with E-state index in [0.717, 1.165) is 18.6 Å². The fraction of sp³-hybridized carbons (Fsp3) is 1.00. The Morgan fingerprint density at radius 1 is 1.25 bits per heavy atom. The second kappa shape index (κ2) is 2.47. The van der Waals surface area contributed by atoms with Gasteiger partial charge in [0.1, 0.15) is 0 Å². The third kappa shape index (κ3) is 1.85. The zero-order valence-corrected chi connectivity index (χ0v) is 6.17. The van der Waals surface area contributed by atoms with Crippen molar-refractivity contribution in [2.24, 2.45) is 0 Å². The molecule has 0 saturated carbocycles. The van der Waals surface area contributed by atoms with Gasteiger partial charge in [-0.3, -0.25) is 9.11 Å². The molecule has 4 heteroatoms. The highest BCUT2D eigenvalue weighted by Gasteiger charge is 2.16. The molecule has 0 spiro atoms. The van der Waals surface area contributed by atoms with Gasteiger partial charge in [-0.2, -0.15) is 0 Å². The lowest BCUT2D eigenvalue weighted by molar-refractivity contribution is 0.504. The fourth-order valence-corrected chi connectivity index (χ4v) is 3.79. The topological polar surface area (TPSA) is 40.5 Å². The van der Waals surface area contributed by atoms with Crippen LogP contribution in [0.5, 0.6) is 0 Å². The Balaban J connectivity index is 2.33. The van der Waals surface area contributed by atoms with Crippen molar-refractivity contribution < 1.29 is 9.11 Å². The molecule has 0 aromatic heterocycles. The second-order valence-electron chi connectivity index (χ2n) is 1.84. The van der Waals surface area contributed by atoms with E-state index in [-0.39, 0.29) is 0 Å². The van der Waals surface area contributed by atoms with Crippen molar-refractivity contribution >= 4 is 20.4 Å². The minimum atomic E-state index is -2.17. The third-order valence-electron chi connectivity index (χ3n) is 1.08. The summed E-state index contributed by atoms with van der Waals surface area (Å²) >= 11 is 0. The summed E-state index contributed by atoms with van der Waals surface area (Å²) in [7, 11) is -0.851. The number of hydrogen-bond donors (Lipinski definition) is 2. The van der Waals surface area contributed by atoms with Crippen molar-refractivity contribution in [3.8, 4) is 0 Å². The summed E-state index contributed by atoms with van der Waals surface area (Å²) < 4.78 is 18.0. The van der Waals surface area contributed by atoms with Crippen LogP contribution in [0.4, 0.5) is 0 Å². The molecule has 2 N–H and O–H groups in total. The second-order valence-corrected chi connectivity index (χ2v) is 6.41. The third-order valence-corrected chi connectivity index (χ3v) is 4.86. The highest BCUT2D eigenvalue weighted by Crippen LogP contribution is 2.55. The van der Waals surface area contributed by atoms with E-state index in [0.29, 0.717) is 5.75 Å². The molecule has 1 aliphatic heterocycles. The molecule has 0 amide bonds. The first-order valence-corrected chi connectivity index (χ1v) is 5.83. The Hall–Kier alpha value is 0.620. The van der Waals surface area contributed by atoms with E-state index in [4.69, 9.17) is 9.11 Å². The van der Waals surface area contributed by atoms with Crippen LogP contribution in [0.25, 0.3) is 0 Å². The summed E-state index contributed by atoms with van der Waals surface area (Å²) in [5, 5.41) is 0. The molecule has 1 fully saturated rings. The van der Waals surface area contributed by atoms with Crippen LogP contribution in [0.3, 0.4) is 0 Å². The lowest BCUT2D eigenvalue weighted by Crippen LogP contribution is -2.05. The smallest absolute Gasteiger partial charge is 0.0484 e. The van der Waals surface area contributed by atoms with Gasteiger partial charge in [0.05, 0.1) is 0 Å². The Bertz CT molecular complexity index is 76.1. The molecule has 0 aliphatic carbocycles. The minimum absolute atomic E-state index is 0.609. The zero-order valence-electron chi connectivity index (χ0n) is 4.54. The van der Waals surface area contributed by atoms with Gasteiger partial charge >= 0.3 is 0 Å². The maximum absolute atomic E-state index is 8.98. The number of hydrogen-bond acceptors (Lipinski definition) is 3. The van der Waals surface area contributed by atoms with E-state index in [2.05, 4.69) is 0 Å². The van der Waals surface area contributed by atoms with Gasteiger partial charge in [0.2, 0.25) is 0 Å². The van der Waals surface area contributed by atoms with Gasteiger partial charge < -0.3 is 0 Å². The van der Waals surface area contributed by atoms with Crippen LogP contribution in [0, 0.1) is 0 Å². The molecular weight excluding hydrogens is 144 g/mol. The van der Waals surface area contributed by atoms with E-state index < -0.39 is 9.62 Å². The first kappa shape index (κ1) is 6.74. The maximum atomic E-state index is 8.98. The van der Waals surface area contributed by atoms with Crippen LogP contribution in [0.1, 0.15) is 12.8 Å². The van der Waals surface area contributed by atoms with Gasteiger partial charge in [0.25, 0.3) is 0 Å². The summed E-state index contributed by atoms with van der Waals surface area (Å²) in [6.45, 7) is 0. The summed E-state index contributed by atoms with van der Waals surface area (Å²) in [5.74, 6) is 1.53. The van der Waals surface area contributed by atoms with Crippen molar-refractivity contribution in [1.29, 1.82) is 0 Å². The predicted molar refractivity (Wildman–Crippen MR) is 39.4 cm³/mol. The predicted octanol–water partition coefficient (Wildman–Crippen LogP) is 2.18. The highest BCUT2D eigenvalue weighted by atomic mass is 33.2. The molecule has 0 unspecified atom stereocenters. The molecule has 8 heavy (non-hydrogen) atoms. The van der Waals surface area contributed by atoms with Gasteiger partial charge in [0.15, 0.2) is 0 Å². The molecule has 0 radical (unpaired) electrons. The monoisotopic (exact) mass is 154 g/mol. The van der Waals surface area contributed by atoms with Crippen molar-refractivity contribution in [3.63, 3.8) is 0 Å². The zero-order chi connectivity index (χ0) is 6.04. The largest absolute Gasteiger partial charge is 0.289 e. The van der Waals surface area contributed by atoms with Crippen LogP contribution in [0.15, 0.2) is 0 Å². The SMILES string of the molecule is OS1(O)CCCCS1. The van der Waals surface area contributed by atoms with Gasteiger partial charge in [-0.15, -0.1) is 9.62 Å². The van der Waals surface area contributed by atoms with Crippen LogP contribution in [-0.4, -0.2) is 20.6 Å². The molecule has 0 aromatic rings. The Morgan fingerprint density at radius 2 is 2.00 bits per heavy atom. The Kier molecular flexibility index (Phi) is 2.08. The first-order valence-electron chi connectivity index (χ1n) is 2.61. The van der Waals surface area contributed by atoms with Crippen molar-refractivity contribution in [2.75, 3.05) is 11.5 Å². The summed E-state index contributed by atoms with van der Waals surface area (Å²) in [6, 6.07) is 0. The average Bonchev–Trinajstić information content (AvgIpc) is 1.65. The molecule has 0 bridgehead atoms. The first-order chi connectivity index (χ1) is 3.71. The van der Waals surface area contributed by atoms with Crippen LogP contribution in [-0.2, 0) is 0 Å². The molecule has 1 saturated heterocycles. The van der Waals surface area contributed by atoms with Crippen LogP contribution >= 0.6 is 20.4 Å². The van der Waals surface area contributed by atoms with Gasteiger partial charge in [-0.25, -0.2) is 0 Å². The molecule has 50 valence electrons. The van der Waals surface area contributed by atoms with Crippen molar-refractivity contribution in [1.82, 2.24) is 0 Å². The van der Waals surface area contributed by atoms with E-state index >= 15 is 0 Å². The van der Waals surface area contributed by atoms with E-state index in [9.17, 15) is 0 Å². The Labute approximate surface area is 54.4 Å². The molecular formula is C4H10O2S2. The Morgan fingerprint density at radius 3 is 2.25 bits per heavy atom. The summed E-state index contributed by atoms with van der Waals surface area (Å²) in [4.78, 5) is 0. The summed E-state index contributed by atoms with van der Waals surface area (Å²) in [5.41, 5.74) is 0. The average molecular weight is 154 g/mol. The number of rotatable bonds is 0. The van der Waals surface area contributed by atoms with Crippen molar-refractivity contribution in [2.45, 2.75) is 12.8 Å². The molecule has 2 nitrogen and oxygen atoms in total. The van der Waals surface area contributed by atoms with E-state index in [1.54, 1.807) is 0 Å². The van der Waals surface area contributed by atoms with E-state index in [1.165, 1.54) is 10.8 Å².